The SMILES string of the molecule is CC=C(N)NC(=O)CCc1cc(C)c(OC)c(C(C)(C)C)c1. The number of ether oxygens (including phenoxy) is 1. The zero-order chi connectivity index (χ0) is 16.9. The average Bonchev–Trinajstić information content (AvgIpc) is 2.43. The molecule has 0 fully saturated rings. The predicted molar refractivity (Wildman–Crippen MR) is 90.8 cm³/mol. The Morgan fingerprint density at radius 2 is 2.00 bits per heavy atom. The highest BCUT2D eigenvalue weighted by Crippen LogP contribution is 2.35. The van der Waals surface area contributed by atoms with Crippen LogP contribution >= 0.6 is 0 Å². The molecule has 22 heavy (non-hydrogen) atoms. The van der Waals surface area contributed by atoms with Gasteiger partial charge in [-0.3, -0.25) is 4.79 Å². The number of nitrogens with one attached hydrogen (secondary N) is 1. The standard InChI is InChI=1S/C18H28N2O2/c1-7-15(19)20-16(21)9-8-13-10-12(2)17(22-6)14(11-13)18(3,4)5/h7,10-11H,8-9,19H2,1-6H3,(H,20,21). The summed E-state index contributed by atoms with van der Waals surface area (Å²) in [6, 6.07) is 4.22. The maximum absolute atomic E-state index is 11.8. The third-order valence-electron chi connectivity index (χ3n) is 3.58. The summed E-state index contributed by atoms with van der Waals surface area (Å²) in [4.78, 5) is 11.8. The Hall–Kier alpha value is -1.97. The molecule has 0 saturated carbocycles. The van der Waals surface area contributed by atoms with Gasteiger partial charge in [-0.2, -0.15) is 0 Å². The Labute approximate surface area is 133 Å². The van der Waals surface area contributed by atoms with Gasteiger partial charge in [-0.1, -0.05) is 32.9 Å². The number of benzene rings is 1. The highest BCUT2D eigenvalue weighted by molar-refractivity contribution is 5.77. The van der Waals surface area contributed by atoms with Crippen molar-refractivity contribution in [2.75, 3.05) is 7.11 Å². The molecule has 0 unspecified atom stereocenters. The van der Waals surface area contributed by atoms with Gasteiger partial charge in [0.2, 0.25) is 5.91 Å². The second kappa shape index (κ2) is 7.34. The van der Waals surface area contributed by atoms with Crippen LogP contribution in [-0.2, 0) is 16.6 Å². The Bertz CT molecular complexity index is 569. The summed E-state index contributed by atoms with van der Waals surface area (Å²) in [6.07, 6.45) is 2.76. The molecule has 0 radical (unpaired) electrons. The van der Waals surface area contributed by atoms with E-state index in [2.05, 4.69) is 38.2 Å². The molecule has 0 saturated heterocycles. The normalized spacial score (nSPS) is 12.2. The van der Waals surface area contributed by atoms with Gasteiger partial charge in [-0.25, -0.2) is 0 Å². The molecule has 0 atom stereocenters. The van der Waals surface area contributed by atoms with Crippen LogP contribution in [0.5, 0.6) is 5.75 Å². The summed E-state index contributed by atoms with van der Waals surface area (Å²) in [7, 11) is 1.70. The quantitative estimate of drug-likeness (QED) is 0.878. The number of amides is 1. The van der Waals surface area contributed by atoms with Gasteiger partial charge in [0.05, 0.1) is 12.9 Å². The van der Waals surface area contributed by atoms with Crippen molar-refractivity contribution in [1.29, 1.82) is 0 Å². The van der Waals surface area contributed by atoms with E-state index < -0.39 is 0 Å². The smallest absolute Gasteiger partial charge is 0.225 e. The maximum atomic E-state index is 11.8. The van der Waals surface area contributed by atoms with E-state index in [9.17, 15) is 4.79 Å². The Morgan fingerprint density at radius 3 is 2.50 bits per heavy atom. The first-order chi connectivity index (χ1) is 10.2. The van der Waals surface area contributed by atoms with Crippen LogP contribution in [0.1, 0.15) is 50.8 Å². The molecule has 0 bridgehead atoms. The van der Waals surface area contributed by atoms with Crippen molar-refractivity contribution in [2.45, 2.75) is 52.9 Å². The minimum Gasteiger partial charge on any atom is -0.496 e. The van der Waals surface area contributed by atoms with Crippen LogP contribution in [-0.4, -0.2) is 13.0 Å². The molecule has 1 aromatic rings. The van der Waals surface area contributed by atoms with Crippen LogP contribution in [0.4, 0.5) is 0 Å². The van der Waals surface area contributed by atoms with Crippen molar-refractivity contribution in [3.05, 3.63) is 40.7 Å². The summed E-state index contributed by atoms with van der Waals surface area (Å²) in [5.41, 5.74) is 8.99. The summed E-state index contributed by atoms with van der Waals surface area (Å²) >= 11 is 0. The van der Waals surface area contributed by atoms with Crippen LogP contribution in [0.15, 0.2) is 24.0 Å². The predicted octanol–water partition coefficient (Wildman–Crippen LogP) is 3.17. The molecule has 0 aliphatic carbocycles. The van der Waals surface area contributed by atoms with E-state index in [1.807, 2.05) is 6.92 Å². The third-order valence-corrected chi connectivity index (χ3v) is 3.58. The highest BCUT2D eigenvalue weighted by Gasteiger charge is 2.21. The second-order valence-electron chi connectivity index (χ2n) is 6.54. The second-order valence-corrected chi connectivity index (χ2v) is 6.54. The molecule has 0 heterocycles. The lowest BCUT2D eigenvalue weighted by Gasteiger charge is -2.24. The number of carbonyl (C=O) groups is 1. The zero-order valence-electron chi connectivity index (χ0n) is 14.5. The number of hydrogen-bond acceptors (Lipinski definition) is 3. The van der Waals surface area contributed by atoms with E-state index in [0.717, 1.165) is 16.9 Å². The van der Waals surface area contributed by atoms with Gasteiger partial charge in [0.15, 0.2) is 0 Å². The first-order valence-corrected chi connectivity index (χ1v) is 7.58. The van der Waals surface area contributed by atoms with Crippen molar-refractivity contribution in [3.8, 4) is 5.75 Å². The Kier molecular flexibility index (Phi) is 6.03. The number of methoxy groups -OCH3 is 1. The van der Waals surface area contributed by atoms with Crippen LogP contribution in [0.25, 0.3) is 0 Å². The summed E-state index contributed by atoms with van der Waals surface area (Å²) in [5, 5.41) is 2.66. The van der Waals surface area contributed by atoms with E-state index in [-0.39, 0.29) is 11.3 Å². The molecule has 4 heteroatoms. The van der Waals surface area contributed by atoms with E-state index >= 15 is 0 Å². The van der Waals surface area contributed by atoms with Gasteiger partial charge in [0.1, 0.15) is 5.75 Å². The largest absolute Gasteiger partial charge is 0.496 e. The zero-order valence-corrected chi connectivity index (χ0v) is 14.5. The number of aryl methyl sites for hydroxylation is 2. The monoisotopic (exact) mass is 304 g/mol. The van der Waals surface area contributed by atoms with Gasteiger partial charge in [-0.05, 0) is 42.9 Å². The molecular weight excluding hydrogens is 276 g/mol. The molecule has 122 valence electrons. The minimum atomic E-state index is -0.0682. The molecular formula is C18H28N2O2. The first-order valence-electron chi connectivity index (χ1n) is 7.58. The van der Waals surface area contributed by atoms with Crippen molar-refractivity contribution in [2.24, 2.45) is 5.73 Å². The highest BCUT2D eigenvalue weighted by atomic mass is 16.5. The fourth-order valence-electron chi connectivity index (χ4n) is 2.37. The van der Waals surface area contributed by atoms with Gasteiger partial charge in [-0.15, -0.1) is 0 Å². The summed E-state index contributed by atoms with van der Waals surface area (Å²) in [6.45, 7) is 10.3. The molecule has 0 aliphatic heterocycles. The van der Waals surface area contributed by atoms with E-state index in [0.29, 0.717) is 18.7 Å². The molecule has 1 amide bonds. The molecule has 0 spiro atoms. The maximum Gasteiger partial charge on any atom is 0.225 e. The lowest BCUT2D eigenvalue weighted by Crippen LogP contribution is -2.27. The number of nitrogens with two attached hydrogens (primary N) is 1. The molecule has 1 rings (SSSR count). The Balaban J connectivity index is 2.93. The van der Waals surface area contributed by atoms with Gasteiger partial charge in [0.25, 0.3) is 0 Å². The van der Waals surface area contributed by atoms with E-state index in [1.165, 1.54) is 5.56 Å². The van der Waals surface area contributed by atoms with Crippen molar-refractivity contribution < 1.29 is 9.53 Å². The van der Waals surface area contributed by atoms with Crippen LogP contribution in [0.2, 0.25) is 0 Å². The molecule has 0 aliphatic rings. The number of rotatable bonds is 5. The molecule has 3 N–H and O–H groups in total. The summed E-state index contributed by atoms with van der Waals surface area (Å²) < 4.78 is 5.55. The van der Waals surface area contributed by atoms with Crippen LogP contribution in [0.3, 0.4) is 0 Å². The fraction of sp³-hybridized carbons (Fsp3) is 0.500. The number of hydrogen-bond donors (Lipinski definition) is 2. The van der Waals surface area contributed by atoms with E-state index in [1.54, 1.807) is 20.1 Å². The lowest BCUT2D eigenvalue weighted by molar-refractivity contribution is -0.120. The fourth-order valence-corrected chi connectivity index (χ4v) is 2.37. The van der Waals surface area contributed by atoms with Crippen LogP contribution < -0.4 is 15.8 Å². The van der Waals surface area contributed by atoms with Gasteiger partial charge >= 0.3 is 0 Å². The molecule has 4 nitrogen and oxygen atoms in total. The van der Waals surface area contributed by atoms with E-state index in [4.69, 9.17) is 10.5 Å². The molecule has 0 aromatic heterocycles. The first kappa shape index (κ1) is 18.1. The van der Waals surface area contributed by atoms with Gasteiger partial charge < -0.3 is 15.8 Å². The minimum absolute atomic E-state index is 0.0102. The lowest BCUT2D eigenvalue weighted by atomic mass is 9.83. The van der Waals surface area contributed by atoms with Crippen molar-refractivity contribution in [3.63, 3.8) is 0 Å². The number of carbonyl (C=O) groups excluding carboxylic acids is 1. The molecule has 1 aromatic carbocycles. The topological polar surface area (TPSA) is 64.3 Å². The van der Waals surface area contributed by atoms with Crippen molar-refractivity contribution >= 4 is 5.91 Å². The average molecular weight is 304 g/mol. The van der Waals surface area contributed by atoms with Crippen LogP contribution in [0, 0.1) is 6.92 Å². The third kappa shape index (κ3) is 4.79. The Morgan fingerprint density at radius 1 is 1.36 bits per heavy atom. The summed E-state index contributed by atoms with van der Waals surface area (Å²) in [5.74, 6) is 1.26. The number of allylic oxidation sites excluding steroid dienone is 1. The van der Waals surface area contributed by atoms with Gasteiger partial charge in [0, 0.05) is 12.0 Å². The van der Waals surface area contributed by atoms with Crippen molar-refractivity contribution in [1.82, 2.24) is 5.32 Å².